The van der Waals surface area contributed by atoms with Gasteiger partial charge in [-0.05, 0) is 37.6 Å². The zero-order chi connectivity index (χ0) is 14.4. The van der Waals surface area contributed by atoms with Crippen LogP contribution in [0.1, 0.15) is 25.5 Å². The van der Waals surface area contributed by atoms with Crippen LogP contribution in [0, 0.1) is 0 Å². The maximum absolute atomic E-state index is 5.68. The van der Waals surface area contributed by atoms with E-state index in [4.69, 9.17) is 15.3 Å². The predicted octanol–water partition coefficient (Wildman–Crippen LogP) is 2.14. The van der Waals surface area contributed by atoms with Crippen molar-refractivity contribution in [3.05, 3.63) is 42.1 Å². The largest absolute Gasteiger partial charge is 0.351 e. The molecule has 0 fully saturated rings. The summed E-state index contributed by atoms with van der Waals surface area (Å²) >= 11 is 0. The molecule has 1 unspecified atom stereocenters. The predicted molar refractivity (Wildman–Crippen MR) is 78.8 cm³/mol. The van der Waals surface area contributed by atoms with Crippen LogP contribution in [0.5, 0.6) is 0 Å². The number of hydrogen-bond acceptors (Lipinski definition) is 5. The SMILES string of the molecule is CCOC(OCC)C(NN)c1ccc2ncccc2c1. The fourth-order valence-electron chi connectivity index (χ4n) is 2.19. The zero-order valence-corrected chi connectivity index (χ0v) is 11.9. The molecule has 0 aliphatic rings. The number of rotatable bonds is 7. The lowest BCUT2D eigenvalue weighted by Crippen LogP contribution is -2.39. The van der Waals surface area contributed by atoms with Gasteiger partial charge in [0.15, 0.2) is 6.29 Å². The zero-order valence-electron chi connectivity index (χ0n) is 11.9. The van der Waals surface area contributed by atoms with Crippen molar-refractivity contribution in [1.29, 1.82) is 0 Å². The quantitative estimate of drug-likeness (QED) is 0.460. The Labute approximate surface area is 119 Å². The lowest BCUT2D eigenvalue weighted by Gasteiger charge is -2.26. The number of pyridine rings is 1. The number of benzene rings is 1. The molecule has 0 radical (unpaired) electrons. The Balaban J connectivity index is 2.31. The normalized spacial score (nSPS) is 13.0. The van der Waals surface area contributed by atoms with Crippen LogP contribution in [-0.4, -0.2) is 24.5 Å². The minimum atomic E-state index is -0.413. The molecule has 2 aromatic rings. The maximum atomic E-state index is 5.68. The molecule has 5 nitrogen and oxygen atoms in total. The Kier molecular flexibility index (Phi) is 5.43. The van der Waals surface area contributed by atoms with Crippen molar-refractivity contribution in [1.82, 2.24) is 10.4 Å². The number of aromatic nitrogens is 1. The molecule has 20 heavy (non-hydrogen) atoms. The highest BCUT2D eigenvalue weighted by Crippen LogP contribution is 2.23. The summed E-state index contributed by atoms with van der Waals surface area (Å²) in [6, 6.07) is 9.74. The molecule has 0 bridgehead atoms. The summed E-state index contributed by atoms with van der Waals surface area (Å²) in [7, 11) is 0. The smallest absolute Gasteiger partial charge is 0.178 e. The van der Waals surface area contributed by atoms with Gasteiger partial charge in [0, 0.05) is 24.8 Å². The first-order valence-electron chi connectivity index (χ1n) is 6.84. The van der Waals surface area contributed by atoms with Gasteiger partial charge in [0.2, 0.25) is 0 Å². The van der Waals surface area contributed by atoms with Crippen LogP contribution >= 0.6 is 0 Å². The molecule has 1 aromatic carbocycles. The maximum Gasteiger partial charge on any atom is 0.178 e. The number of nitrogens with zero attached hydrogens (tertiary/aromatic N) is 1. The summed E-state index contributed by atoms with van der Waals surface area (Å²) in [6.07, 6.45) is 1.37. The van der Waals surface area contributed by atoms with E-state index in [1.54, 1.807) is 6.20 Å². The van der Waals surface area contributed by atoms with Gasteiger partial charge in [0.1, 0.15) is 0 Å². The van der Waals surface area contributed by atoms with E-state index in [1.165, 1.54) is 0 Å². The number of ether oxygens (including phenoxy) is 2. The van der Waals surface area contributed by atoms with Crippen molar-refractivity contribution in [3.8, 4) is 0 Å². The second kappa shape index (κ2) is 7.31. The molecule has 108 valence electrons. The first kappa shape index (κ1) is 14.9. The fourth-order valence-corrected chi connectivity index (χ4v) is 2.19. The monoisotopic (exact) mass is 275 g/mol. The van der Waals surface area contributed by atoms with Gasteiger partial charge in [-0.3, -0.25) is 10.8 Å². The van der Waals surface area contributed by atoms with Crippen LogP contribution in [0.25, 0.3) is 10.9 Å². The summed E-state index contributed by atoms with van der Waals surface area (Å²) in [5.74, 6) is 5.68. The summed E-state index contributed by atoms with van der Waals surface area (Å²) in [4.78, 5) is 4.31. The van der Waals surface area contributed by atoms with E-state index in [1.807, 2.05) is 38.1 Å². The third-order valence-electron chi connectivity index (χ3n) is 3.10. The Bertz CT molecular complexity index is 541. The highest BCUT2D eigenvalue weighted by Gasteiger charge is 2.23. The number of nitrogens with one attached hydrogen (secondary N) is 1. The topological polar surface area (TPSA) is 69.4 Å². The third kappa shape index (κ3) is 3.32. The van der Waals surface area contributed by atoms with Crippen LogP contribution in [0.2, 0.25) is 0 Å². The van der Waals surface area contributed by atoms with Crippen LogP contribution in [0.15, 0.2) is 36.5 Å². The lowest BCUT2D eigenvalue weighted by molar-refractivity contribution is -0.155. The molecule has 3 N–H and O–H groups in total. The third-order valence-corrected chi connectivity index (χ3v) is 3.10. The first-order chi connectivity index (χ1) is 9.80. The highest BCUT2D eigenvalue weighted by atomic mass is 16.7. The van der Waals surface area contributed by atoms with Gasteiger partial charge in [-0.2, -0.15) is 0 Å². The molecule has 0 aliphatic heterocycles. The molecule has 0 amide bonds. The van der Waals surface area contributed by atoms with E-state index in [9.17, 15) is 0 Å². The van der Waals surface area contributed by atoms with Crippen molar-refractivity contribution in [2.45, 2.75) is 26.2 Å². The minimum Gasteiger partial charge on any atom is -0.351 e. The van der Waals surface area contributed by atoms with Crippen molar-refractivity contribution >= 4 is 10.9 Å². The average Bonchev–Trinajstić information content (AvgIpc) is 2.48. The van der Waals surface area contributed by atoms with Crippen molar-refractivity contribution in [2.24, 2.45) is 5.84 Å². The van der Waals surface area contributed by atoms with Crippen molar-refractivity contribution in [3.63, 3.8) is 0 Å². The highest BCUT2D eigenvalue weighted by molar-refractivity contribution is 5.79. The summed E-state index contributed by atoms with van der Waals surface area (Å²) in [5, 5.41) is 1.07. The second-order valence-corrected chi connectivity index (χ2v) is 4.38. The van der Waals surface area contributed by atoms with Gasteiger partial charge >= 0.3 is 0 Å². The van der Waals surface area contributed by atoms with E-state index < -0.39 is 6.29 Å². The van der Waals surface area contributed by atoms with Crippen LogP contribution in [0.3, 0.4) is 0 Å². The van der Waals surface area contributed by atoms with E-state index in [0.717, 1.165) is 16.5 Å². The van der Waals surface area contributed by atoms with Crippen LogP contribution in [-0.2, 0) is 9.47 Å². The molecular formula is C15H21N3O2. The molecule has 2 rings (SSSR count). The molecule has 1 aromatic heterocycles. The Morgan fingerprint density at radius 1 is 1.20 bits per heavy atom. The molecule has 0 aliphatic carbocycles. The van der Waals surface area contributed by atoms with E-state index >= 15 is 0 Å². The fraction of sp³-hybridized carbons (Fsp3) is 0.400. The summed E-state index contributed by atoms with van der Waals surface area (Å²) in [5.41, 5.74) is 4.75. The van der Waals surface area contributed by atoms with Crippen LogP contribution < -0.4 is 11.3 Å². The summed E-state index contributed by atoms with van der Waals surface area (Å²) in [6.45, 7) is 5.00. The molecule has 0 saturated carbocycles. The van der Waals surface area contributed by atoms with E-state index in [2.05, 4.69) is 16.5 Å². The number of nitrogens with two attached hydrogens (primary N) is 1. The van der Waals surface area contributed by atoms with Gasteiger partial charge in [-0.15, -0.1) is 0 Å². The minimum absolute atomic E-state index is 0.223. The van der Waals surface area contributed by atoms with E-state index in [-0.39, 0.29) is 6.04 Å². The molecule has 0 spiro atoms. The molecule has 1 heterocycles. The lowest BCUT2D eigenvalue weighted by atomic mass is 10.0. The molecule has 1 atom stereocenters. The second-order valence-electron chi connectivity index (χ2n) is 4.38. The number of fused-ring (bicyclic) bond motifs is 1. The van der Waals surface area contributed by atoms with Gasteiger partial charge in [-0.25, -0.2) is 5.43 Å². The number of hydrazine groups is 1. The summed E-state index contributed by atoms with van der Waals surface area (Å²) < 4.78 is 11.2. The number of hydrogen-bond donors (Lipinski definition) is 2. The molecule has 0 saturated heterocycles. The van der Waals surface area contributed by atoms with Gasteiger partial charge < -0.3 is 9.47 Å². The Morgan fingerprint density at radius 2 is 1.95 bits per heavy atom. The Morgan fingerprint density at radius 3 is 2.60 bits per heavy atom. The first-order valence-corrected chi connectivity index (χ1v) is 6.84. The van der Waals surface area contributed by atoms with E-state index in [0.29, 0.717) is 13.2 Å². The molecule has 5 heteroatoms. The van der Waals surface area contributed by atoms with Crippen molar-refractivity contribution in [2.75, 3.05) is 13.2 Å². The van der Waals surface area contributed by atoms with Crippen LogP contribution in [0.4, 0.5) is 0 Å². The standard InChI is InChI=1S/C15H21N3O2/c1-3-19-15(20-4-2)14(18-16)12-7-8-13-11(10-12)6-5-9-17-13/h5-10,14-15,18H,3-4,16H2,1-2H3. The Hall–Kier alpha value is -1.53. The van der Waals surface area contributed by atoms with Gasteiger partial charge in [0.05, 0.1) is 11.6 Å². The van der Waals surface area contributed by atoms with Crippen molar-refractivity contribution < 1.29 is 9.47 Å². The molecular weight excluding hydrogens is 254 g/mol. The van der Waals surface area contributed by atoms with Gasteiger partial charge in [0.25, 0.3) is 0 Å². The van der Waals surface area contributed by atoms with Gasteiger partial charge in [-0.1, -0.05) is 12.1 Å². The average molecular weight is 275 g/mol.